The fourth-order valence-electron chi connectivity index (χ4n) is 2.63. The number of ether oxygens (including phenoxy) is 2. The quantitative estimate of drug-likeness (QED) is 0.449. The van der Waals surface area contributed by atoms with Gasteiger partial charge in [0.25, 0.3) is 5.91 Å². The summed E-state index contributed by atoms with van der Waals surface area (Å²) < 4.78 is 24.3. The molecule has 0 aliphatic carbocycles. The zero-order valence-corrected chi connectivity index (χ0v) is 18.1. The van der Waals surface area contributed by atoms with E-state index in [0.717, 1.165) is 0 Å². The van der Waals surface area contributed by atoms with Crippen LogP contribution in [-0.2, 0) is 0 Å². The summed E-state index contributed by atoms with van der Waals surface area (Å²) in [7, 11) is 3.01. The fourth-order valence-corrected chi connectivity index (χ4v) is 3.09. The summed E-state index contributed by atoms with van der Waals surface area (Å²) in [6.07, 6.45) is 0. The molecular formula is C21H18ClFN4O3S. The zero-order chi connectivity index (χ0) is 22.4. The maximum Gasteiger partial charge on any atom is 0.259 e. The molecule has 10 heteroatoms. The number of halogens is 2. The average Bonchev–Trinajstić information content (AvgIpc) is 2.74. The van der Waals surface area contributed by atoms with Gasteiger partial charge in [-0.15, -0.1) is 0 Å². The number of methoxy groups -OCH3 is 2. The van der Waals surface area contributed by atoms with Gasteiger partial charge in [0.2, 0.25) is 0 Å². The molecule has 0 atom stereocenters. The lowest BCUT2D eigenvalue weighted by Crippen LogP contribution is -2.21. The topological polar surface area (TPSA) is 84.5 Å². The van der Waals surface area contributed by atoms with Gasteiger partial charge in [-0.3, -0.25) is 4.79 Å². The predicted octanol–water partition coefficient (Wildman–Crippen LogP) is 4.95. The van der Waals surface area contributed by atoms with Gasteiger partial charge in [0.05, 0.1) is 30.5 Å². The summed E-state index contributed by atoms with van der Waals surface area (Å²) in [6.45, 7) is 0. The number of nitrogens with zero attached hydrogens (tertiary/aromatic N) is 1. The van der Waals surface area contributed by atoms with Crippen LogP contribution in [0.5, 0.6) is 11.5 Å². The Kier molecular flexibility index (Phi) is 7.22. The maximum atomic E-state index is 13.8. The number of benzene rings is 2. The van der Waals surface area contributed by atoms with Crippen molar-refractivity contribution in [3.05, 3.63) is 71.0 Å². The minimum Gasteiger partial charge on any atom is -0.495 e. The molecular weight excluding hydrogens is 443 g/mol. The Hall–Kier alpha value is -3.43. The minimum absolute atomic E-state index is 0.0803. The van der Waals surface area contributed by atoms with E-state index in [-0.39, 0.29) is 16.5 Å². The van der Waals surface area contributed by atoms with Crippen molar-refractivity contribution in [2.45, 2.75) is 0 Å². The first-order valence-electron chi connectivity index (χ1n) is 8.93. The molecule has 0 radical (unpaired) electrons. The first kappa shape index (κ1) is 22.3. The molecule has 0 aliphatic rings. The second-order valence-corrected chi connectivity index (χ2v) is 6.92. The van der Waals surface area contributed by atoms with E-state index in [4.69, 9.17) is 33.3 Å². The Morgan fingerprint density at radius 2 is 1.65 bits per heavy atom. The Balaban J connectivity index is 1.70. The first-order valence-corrected chi connectivity index (χ1v) is 9.72. The third-order valence-corrected chi connectivity index (χ3v) is 4.57. The van der Waals surface area contributed by atoms with Crippen LogP contribution in [0.25, 0.3) is 0 Å². The SMILES string of the molecule is COc1cc(OC)c(NC(=S)Nc2cccc(NC(=O)c3ccccc3F)n2)cc1Cl. The Bertz CT molecular complexity index is 1130. The molecule has 1 amide bonds. The van der Waals surface area contributed by atoms with E-state index in [1.54, 1.807) is 36.4 Å². The van der Waals surface area contributed by atoms with Crippen molar-refractivity contribution >= 4 is 52.2 Å². The van der Waals surface area contributed by atoms with Crippen molar-refractivity contribution in [2.24, 2.45) is 0 Å². The molecule has 0 unspecified atom stereocenters. The molecule has 160 valence electrons. The number of nitrogens with one attached hydrogen (secondary N) is 3. The van der Waals surface area contributed by atoms with E-state index in [1.807, 2.05) is 0 Å². The normalized spacial score (nSPS) is 10.2. The second kappa shape index (κ2) is 10.1. The summed E-state index contributed by atoms with van der Waals surface area (Å²) in [4.78, 5) is 16.5. The summed E-state index contributed by atoms with van der Waals surface area (Å²) in [5, 5.41) is 9.03. The van der Waals surface area contributed by atoms with Gasteiger partial charge in [-0.1, -0.05) is 29.8 Å². The standard InChI is InChI=1S/C21H18ClFN4O3S/c1-29-16-11-17(30-2)15(10-13(16)22)24-21(31)27-19-9-5-8-18(25-19)26-20(28)12-6-3-4-7-14(12)23/h3-11H,1-2H3,(H3,24,25,26,27,28,31). The van der Waals surface area contributed by atoms with Gasteiger partial charge in [0, 0.05) is 6.07 Å². The summed E-state index contributed by atoms with van der Waals surface area (Å²) in [5.74, 6) is 0.300. The van der Waals surface area contributed by atoms with Crippen LogP contribution < -0.4 is 25.4 Å². The zero-order valence-electron chi connectivity index (χ0n) is 16.5. The van der Waals surface area contributed by atoms with E-state index in [0.29, 0.717) is 28.0 Å². The second-order valence-electron chi connectivity index (χ2n) is 6.11. The van der Waals surface area contributed by atoms with Gasteiger partial charge < -0.3 is 25.4 Å². The predicted molar refractivity (Wildman–Crippen MR) is 123 cm³/mol. The minimum atomic E-state index is -0.619. The molecule has 0 saturated heterocycles. The first-order chi connectivity index (χ1) is 14.9. The van der Waals surface area contributed by atoms with E-state index in [1.165, 1.54) is 32.4 Å². The maximum absolute atomic E-state index is 13.8. The number of carbonyl (C=O) groups excluding carboxylic acids is 1. The van der Waals surface area contributed by atoms with E-state index in [9.17, 15) is 9.18 Å². The van der Waals surface area contributed by atoms with Gasteiger partial charge in [0.15, 0.2) is 5.11 Å². The van der Waals surface area contributed by atoms with Crippen LogP contribution in [0.3, 0.4) is 0 Å². The number of rotatable bonds is 6. The number of amides is 1. The molecule has 2 aromatic carbocycles. The van der Waals surface area contributed by atoms with E-state index < -0.39 is 11.7 Å². The number of hydrogen-bond donors (Lipinski definition) is 3. The molecule has 31 heavy (non-hydrogen) atoms. The third-order valence-electron chi connectivity index (χ3n) is 4.07. The summed E-state index contributed by atoms with van der Waals surface area (Å²) in [6, 6.07) is 13.8. The monoisotopic (exact) mass is 460 g/mol. The van der Waals surface area contributed by atoms with Crippen molar-refractivity contribution in [3.8, 4) is 11.5 Å². The number of carbonyl (C=O) groups is 1. The average molecular weight is 461 g/mol. The Morgan fingerprint density at radius 1 is 0.968 bits per heavy atom. The number of hydrogen-bond acceptors (Lipinski definition) is 5. The van der Waals surface area contributed by atoms with Gasteiger partial charge in [0.1, 0.15) is 29.0 Å². The summed E-state index contributed by atoms with van der Waals surface area (Å²) in [5.41, 5.74) is 0.443. The molecule has 1 heterocycles. The van der Waals surface area contributed by atoms with Crippen molar-refractivity contribution in [1.29, 1.82) is 0 Å². The highest BCUT2D eigenvalue weighted by Gasteiger charge is 2.13. The van der Waals surface area contributed by atoms with Crippen LogP contribution in [0, 0.1) is 5.82 Å². The largest absolute Gasteiger partial charge is 0.495 e. The molecule has 0 aliphatic heterocycles. The highest BCUT2D eigenvalue weighted by Crippen LogP contribution is 2.35. The lowest BCUT2D eigenvalue weighted by atomic mass is 10.2. The van der Waals surface area contributed by atoms with Crippen molar-refractivity contribution in [2.75, 3.05) is 30.2 Å². The smallest absolute Gasteiger partial charge is 0.259 e. The summed E-state index contributed by atoms with van der Waals surface area (Å²) >= 11 is 11.5. The Labute approximate surface area is 188 Å². The number of anilines is 3. The van der Waals surface area contributed by atoms with Crippen molar-refractivity contribution in [1.82, 2.24) is 4.98 Å². The van der Waals surface area contributed by atoms with Crippen LogP contribution >= 0.6 is 23.8 Å². The van der Waals surface area contributed by atoms with E-state index >= 15 is 0 Å². The molecule has 7 nitrogen and oxygen atoms in total. The van der Waals surface area contributed by atoms with Crippen LogP contribution in [0.15, 0.2) is 54.6 Å². The highest BCUT2D eigenvalue weighted by atomic mass is 35.5. The van der Waals surface area contributed by atoms with Gasteiger partial charge in [-0.05, 0) is 42.5 Å². The van der Waals surface area contributed by atoms with Crippen LogP contribution in [0.4, 0.5) is 21.7 Å². The van der Waals surface area contributed by atoms with Crippen molar-refractivity contribution < 1.29 is 18.7 Å². The van der Waals surface area contributed by atoms with E-state index in [2.05, 4.69) is 20.9 Å². The Morgan fingerprint density at radius 3 is 2.32 bits per heavy atom. The lowest BCUT2D eigenvalue weighted by Gasteiger charge is -2.15. The highest BCUT2D eigenvalue weighted by molar-refractivity contribution is 7.80. The molecule has 0 saturated carbocycles. The molecule has 0 bridgehead atoms. The molecule has 0 spiro atoms. The fraction of sp³-hybridized carbons (Fsp3) is 0.0952. The number of pyridine rings is 1. The van der Waals surface area contributed by atoms with Crippen LogP contribution in [0.2, 0.25) is 5.02 Å². The lowest BCUT2D eigenvalue weighted by molar-refractivity contribution is 0.102. The van der Waals surface area contributed by atoms with Gasteiger partial charge >= 0.3 is 0 Å². The molecule has 0 fully saturated rings. The van der Waals surface area contributed by atoms with Gasteiger partial charge in [-0.25, -0.2) is 9.37 Å². The molecule has 3 aromatic rings. The molecule has 3 N–H and O–H groups in total. The molecule has 1 aromatic heterocycles. The van der Waals surface area contributed by atoms with Crippen LogP contribution in [0.1, 0.15) is 10.4 Å². The van der Waals surface area contributed by atoms with Crippen molar-refractivity contribution in [3.63, 3.8) is 0 Å². The number of aromatic nitrogens is 1. The van der Waals surface area contributed by atoms with Crippen LogP contribution in [-0.4, -0.2) is 30.2 Å². The van der Waals surface area contributed by atoms with Gasteiger partial charge in [-0.2, -0.15) is 0 Å². The third kappa shape index (κ3) is 5.59. The number of thiocarbonyl (C=S) groups is 1. The molecule has 3 rings (SSSR count).